The lowest BCUT2D eigenvalue weighted by Gasteiger charge is -2.34. The first-order valence-corrected chi connectivity index (χ1v) is 5.92. The van der Waals surface area contributed by atoms with Gasteiger partial charge in [-0.1, -0.05) is 27.7 Å². The zero-order valence-corrected chi connectivity index (χ0v) is 10.7. The molecule has 0 amide bonds. The Morgan fingerprint density at radius 2 is 1.67 bits per heavy atom. The van der Waals surface area contributed by atoms with Crippen LogP contribution in [0.25, 0.3) is 0 Å². The minimum Gasteiger partial charge on any atom is -0.480 e. The lowest BCUT2D eigenvalue weighted by molar-refractivity contribution is -0.143. The molecular weight excluding hydrogens is 190 g/mol. The third kappa shape index (κ3) is 4.65. The van der Waals surface area contributed by atoms with Gasteiger partial charge in [0.2, 0.25) is 0 Å². The predicted molar refractivity (Wildman–Crippen MR) is 63.0 cm³/mol. The van der Waals surface area contributed by atoms with Crippen LogP contribution in [0.5, 0.6) is 0 Å². The Balaban J connectivity index is 4.61. The SMILES string of the molecule is CCC(CC)N(CC(C)C)C(C)C(=O)O. The number of nitrogens with zero attached hydrogens (tertiary/aromatic N) is 1. The highest BCUT2D eigenvalue weighted by Crippen LogP contribution is 2.15. The molecule has 1 N–H and O–H groups in total. The number of rotatable bonds is 7. The number of carboxylic acids is 1. The van der Waals surface area contributed by atoms with E-state index in [1.54, 1.807) is 6.92 Å². The van der Waals surface area contributed by atoms with Crippen molar-refractivity contribution in [1.82, 2.24) is 4.90 Å². The van der Waals surface area contributed by atoms with Crippen LogP contribution in [0.1, 0.15) is 47.5 Å². The van der Waals surface area contributed by atoms with Crippen molar-refractivity contribution in [3.63, 3.8) is 0 Å². The van der Waals surface area contributed by atoms with E-state index in [2.05, 4.69) is 32.6 Å². The fourth-order valence-corrected chi connectivity index (χ4v) is 1.94. The summed E-state index contributed by atoms with van der Waals surface area (Å²) in [4.78, 5) is 13.1. The number of hydrogen-bond acceptors (Lipinski definition) is 2. The van der Waals surface area contributed by atoms with Gasteiger partial charge in [-0.2, -0.15) is 0 Å². The fourth-order valence-electron chi connectivity index (χ4n) is 1.94. The fraction of sp³-hybridized carbons (Fsp3) is 0.917. The van der Waals surface area contributed by atoms with E-state index in [1.165, 1.54) is 0 Å². The number of carboxylic acid groups (broad SMARTS) is 1. The highest BCUT2D eigenvalue weighted by atomic mass is 16.4. The van der Waals surface area contributed by atoms with Gasteiger partial charge in [0.05, 0.1) is 0 Å². The average Bonchev–Trinajstić information content (AvgIpc) is 2.16. The summed E-state index contributed by atoms with van der Waals surface area (Å²) in [5.74, 6) is -0.213. The van der Waals surface area contributed by atoms with Gasteiger partial charge < -0.3 is 5.11 Å². The largest absolute Gasteiger partial charge is 0.480 e. The summed E-state index contributed by atoms with van der Waals surface area (Å²) in [6.07, 6.45) is 2.03. The molecule has 0 aliphatic carbocycles. The lowest BCUT2D eigenvalue weighted by atomic mass is 10.0. The third-order valence-electron chi connectivity index (χ3n) is 2.84. The van der Waals surface area contributed by atoms with E-state index in [9.17, 15) is 4.79 Å². The van der Waals surface area contributed by atoms with Crippen LogP contribution in [0.4, 0.5) is 0 Å². The molecule has 0 rings (SSSR count). The molecule has 0 aliphatic rings. The summed E-state index contributed by atoms with van der Waals surface area (Å²) >= 11 is 0. The van der Waals surface area contributed by atoms with Gasteiger partial charge in [0.15, 0.2) is 0 Å². The van der Waals surface area contributed by atoms with E-state index in [-0.39, 0.29) is 6.04 Å². The van der Waals surface area contributed by atoms with Crippen molar-refractivity contribution >= 4 is 5.97 Å². The van der Waals surface area contributed by atoms with Crippen molar-refractivity contribution in [2.75, 3.05) is 6.54 Å². The molecule has 0 radical (unpaired) electrons. The summed E-state index contributed by atoms with van der Waals surface area (Å²) in [6.45, 7) is 11.1. The second-order valence-electron chi connectivity index (χ2n) is 4.58. The second kappa shape index (κ2) is 6.83. The standard InChI is InChI=1S/C12H25NO2/c1-6-11(7-2)13(8-9(3)4)10(5)12(14)15/h9-11H,6-8H2,1-5H3,(H,14,15). The molecular formula is C12H25NO2. The zero-order chi connectivity index (χ0) is 12.0. The first-order chi connectivity index (χ1) is 6.93. The number of hydrogen-bond donors (Lipinski definition) is 1. The van der Waals surface area contributed by atoms with Crippen molar-refractivity contribution in [1.29, 1.82) is 0 Å². The molecule has 3 heteroatoms. The highest BCUT2D eigenvalue weighted by Gasteiger charge is 2.26. The molecule has 0 fully saturated rings. The van der Waals surface area contributed by atoms with Crippen LogP contribution in [-0.2, 0) is 4.79 Å². The van der Waals surface area contributed by atoms with Crippen molar-refractivity contribution in [3.05, 3.63) is 0 Å². The Morgan fingerprint density at radius 1 is 1.20 bits per heavy atom. The van der Waals surface area contributed by atoms with Crippen LogP contribution >= 0.6 is 0 Å². The molecule has 0 saturated heterocycles. The van der Waals surface area contributed by atoms with Crippen LogP contribution < -0.4 is 0 Å². The summed E-state index contributed by atoms with van der Waals surface area (Å²) in [5.41, 5.74) is 0. The maximum absolute atomic E-state index is 11.0. The third-order valence-corrected chi connectivity index (χ3v) is 2.84. The minimum atomic E-state index is -0.720. The topological polar surface area (TPSA) is 40.5 Å². The van der Waals surface area contributed by atoms with Crippen molar-refractivity contribution in [3.8, 4) is 0 Å². The van der Waals surface area contributed by atoms with Gasteiger partial charge in [-0.3, -0.25) is 9.69 Å². The molecule has 0 aromatic carbocycles. The zero-order valence-electron chi connectivity index (χ0n) is 10.7. The maximum Gasteiger partial charge on any atom is 0.320 e. The van der Waals surface area contributed by atoms with Crippen molar-refractivity contribution < 1.29 is 9.90 Å². The normalized spacial score (nSPS) is 13.9. The summed E-state index contributed by atoms with van der Waals surface area (Å²) in [7, 11) is 0. The van der Waals surface area contributed by atoms with E-state index >= 15 is 0 Å². The molecule has 0 saturated carbocycles. The van der Waals surface area contributed by atoms with Gasteiger partial charge in [-0.05, 0) is 25.7 Å². The maximum atomic E-state index is 11.0. The molecule has 90 valence electrons. The second-order valence-corrected chi connectivity index (χ2v) is 4.58. The predicted octanol–water partition coefficient (Wildman–Crippen LogP) is 2.61. The molecule has 1 atom stereocenters. The van der Waals surface area contributed by atoms with Crippen LogP contribution in [0.15, 0.2) is 0 Å². The van der Waals surface area contributed by atoms with E-state index in [0.717, 1.165) is 19.4 Å². The molecule has 0 aliphatic heterocycles. The average molecular weight is 215 g/mol. The van der Waals surface area contributed by atoms with E-state index in [4.69, 9.17) is 5.11 Å². The summed E-state index contributed by atoms with van der Waals surface area (Å²) in [6, 6.07) is 0.01000. The first-order valence-electron chi connectivity index (χ1n) is 5.92. The molecule has 15 heavy (non-hydrogen) atoms. The van der Waals surface area contributed by atoms with Crippen LogP contribution in [0.3, 0.4) is 0 Å². The molecule has 0 spiro atoms. The Labute approximate surface area is 93.5 Å². The molecule has 0 bridgehead atoms. The number of aliphatic carboxylic acids is 1. The van der Waals surface area contributed by atoms with Crippen LogP contribution in [0, 0.1) is 5.92 Å². The first kappa shape index (κ1) is 14.4. The molecule has 1 unspecified atom stereocenters. The summed E-state index contributed by atoms with van der Waals surface area (Å²) < 4.78 is 0. The van der Waals surface area contributed by atoms with Gasteiger partial charge >= 0.3 is 5.97 Å². The lowest BCUT2D eigenvalue weighted by Crippen LogP contribution is -2.47. The highest BCUT2D eigenvalue weighted by molar-refractivity contribution is 5.72. The molecule has 0 heterocycles. The van der Waals surface area contributed by atoms with E-state index in [0.29, 0.717) is 12.0 Å². The summed E-state index contributed by atoms with van der Waals surface area (Å²) in [5, 5.41) is 9.06. The van der Waals surface area contributed by atoms with Gasteiger partial charge in [-0.25, -0.2) is 0 Å². The van der Waals surface area contributed by atoms with Crippen LogP contribution in [-0.4, -0.2) is 34.6 Å². The molecule has 0 aromatic heterocycles. The molecule has 3 nitrogen and oxygen atoms in total. The van der Waals surface area contributed by atoms with Crippen molar-refractivity contribution in [2.24, 2.45) is 5.92 Å². The smallest absolute Gasteiger partial charge is 0.320 e. The Hall–Kier alpha value is -0.570. The van der Waals surface area contributed by atoms with Gasteiger partial charge in [0.1, 0.15) is 6.04 Å². The van der Waals surface area contributed by atoms with Crippen LogP contribution in [0.2, 0.25) is 0 Å². The van der Waals surface area contributed by atoms with E-state index < -0.39 is 5.97 Å². The monoisotopic (exact) mass is 215 g/mol. The van der Waals surface area contributed by atoms with Gasteiger partial charge in [-0.15, -0.1) is 0 Å². The number of carbonyl (C=O) groups is 1. The minimum absolute atomic E-state index is 0.378. The Bertz CT molecular complexity index is 188. The van der Waals surface area contributed by atoms with Gasteiger partial charge in [0.25, 0.3) is 0 Å². The Morgan fingerprint density at radius 3 is 1.93 bits per heavy atom. The molecule has 0 aromatic rings. The van der Waals surface area contributed by atoms with E-state index in [1.807, 2.05) is 0 Å². The van der Waals surface area contributed by atoms with Gasteiger partial charge in [0, 0.05) is 12.6 Å². The van der Waals surface area contributed by atoms with Crippen molar-refractivity contribution in [2.45, 2.75) is 59.5 Å². The quantitative estimate of drug-likeness (QED) is 0.709. The Kier molecular flexibility index (Phi) is 6.57.